The Hall–Kier alpha value is -2.28. The van der Waals surface area contributed by atoms with E-state index in [0.29, 0.717) is 17.8 Å². The van der Waals surface area contributed by atoms with E-state index >= 15 is 0 Å². The zero-order valence-electron chi connectivity index (χ0n) is 11.4. The number of benzene rings is 1. The zero-order valence-corrected chi connectivity index (χ0v) is 11.4. The van der Waals surface area contributed by atoms with Crippen LogP contribution in [0.5, 0.6) is 0 Å². The normalized spacial score (nSPS) is 17.9. The van der Waals surface area contributed by atoms with Crippen LogP contribution in [0, 0.1) is 5.82 Å². The van der Waals surface area contributed by atoms with Crippen LogP contribution in [0.15, 0.2) is 30.9 Å². The van der Waals surface area contributed by atoms with Crippen LogP contribution < -0.4 is 10.6 Å². The molecule has 0 saturated carbocycles. The van der Waals surface area contributed by atoms with Gasteiger partial charge in [0.2, 0.25) is 5.91 Å². The standard InChI is InChI=1S/C14H16FN5O/c15-12-6-11(3-4-13(12)20-9-16-8-18-20)19-14(21)7-10-2-1-5-17-10/h3-4,6,8-10,17H,1-2,5,7H2,(H,19,21). The fourth-order valence-electron chi connectivity index (χ4n) is 2.47. The molecule has 110 valence electrons. The van der Waals surface area contributed by atoms with Gasteiger partial charge in [-0.1, -0.05) is 0 Å². The van der Waals surface area contributed by atoms with Crippen LogP contribution in [0.3, 0.4) is 0 Å². The Balaban J connectivity index is 1.66. The van der Waals surface area contributed by atoms with Gasteiger partial charge in [-0.3, -0.25) is 4.79 Å². The number of carbonyl (C=O) groups is 1. The number of nitrogens with one attached hydrogen (secondary N) is 2. The Morgan fingerprint density at radius 2 is 2.43 bits per heavy atom. The lowest BCUT2D eigenvalue weighted by atomic mass is 10.1. The van der Waals surface area contributed by atoms with E-state index in [9.17, 15) is 9.18 Å². The fraction of sp³-hybridized carbons (Fsp3) is 0.357. The van der Waals surface area contributed by atoms with Crippen molar-refractivity contribution in [2.75, 3.05) is 11.9 Å². The summed E-state index contributed by atoms with van der Waals surface area (Å²) < 4.78 is 15.4. The van der Waals surface area contributed by atoms with Gasteiger partial charge in [0.1, 0.15) is 18.3 Å². The molecule has 0 aliphatic carbocycles. The highest BCUT2D eigenvalue weighted by Crippen LogP contribution is 2.18. The number of rotatable bonds is 4. The van der Waals surface area contributed by atoms with Crippen molar-refractivity contribution in [2.24, 2.45) is 0 Å². The molecule has 1 amide bonds. The van der Waals surface area contributed by atoms with E-state index < -0.39 is 5.82 Å². The molecule has 0 radical (unpaired) electrons. The molecule has 6 nitrogen and oxygen atoms in total. The highest BCUT2D eigenvalue weighted by Gasteiger charge is 2.18. The minimum atomic E-state index is -0.461. The molecule has 0 spiro atoms. The summed E-state index contributed by atoms with van der Waals surface area (Å²) in [6.07, 6.45) is 5.27. The summed E-state index contributed by atoms with van der Waals surface area (Å²) in [7, 11) is 0. The van der Waals surface area contributed by atoms with Crippen molar-refractivity contribution in [1.29, 1.82) is 0 Å². The SMILES string of the molecule is O=C(CC1CCCN1)Nc1ccc(-n2cncn2)c(F)c1. The van der Waals surface area contributed by atoms with Gasteiger partial charge in [0.25, 0.3) is 0 Å². The first-order chi connectivity index (χ1) is 10.2. The number of anilines is 1. The number of hydrogen-bond donors (Lipinski definition) is 2. The summed E-state index contributed by atoms with van der Waals surface area (Å²) in [5, 5.41) is 9.85. The van der Waals surface area contributed by atoms with Crippen LogP contribution in [-0.2, 0) is 4.79 Å². The smallest absolute Gasteiger partial charge is 0.225 e. The van der Waals surface area contributed by atoms with Crippen molar-refractivity contribution in [3.63, 3.8) is 0 Å². The summed E-state index contributed by atoms with van der Waals surface area (Å²) in [6, 6.07) is 4.73. The highest BCUT2D eigenvalue weighted by atomic mass is 19.1. The second-order valence-electron chi connectivity index (χ2n) is 5.05. The Morgan fingerprint density at radius 1 is 1.52 bits per heavy atom. The number of nitrogens with zero attached hydrogens (tertiary/aromatic N) is 3. The van der Waals surface area contributed by atoms with Gasteiger partial charge < -0.3 is 10.6 Å². The minimum absolute atomic E-state index is 0.109. The third-order valence-electron chi connectivity index (χ3n) is 3.49. The van der Waals surface area contributed by atoms with E-state index in [2.05, 4.69) is 20.7 Å². The Bertz CT molecular complexity index is 622. The van der Waals surface area contributed by atoms with Crippen LogP contribution >= 0.6 is 0 Å². The average molecular weight is 289 g/mol. The maximum Gasteiger partial charge on any atom is 0.225 e. The molecule has 2 N–H and O–H groups in total. The maximum atomic E-state index is 14.0. The van der Waals surface area contributed by atoms with Gasteiger partial charge in [-0.2, -0.15) is 5.10 Å². The topological polar surface area (TPSA) is 71.8 Å². The Labute approximate surface area is 121 Å². The summed E-state index contributed by atoms with van der Waals surface area (Å²) in [6.45, 7) is 0.958. The quantitative estimate of drug-likeness (QED) is 0.894. The highest BCUT2D eigenvalue weighted by molar-refractivity contribution is 5.91. The molecule has 7 heteroatoms. The lowest BCUT2D eigenvalue weighted by molar-refractivity contribution is -0.116. The van der Waals surface area contributed by atoms with Gasteiger partial charge in [-0.25, -0.2) is 14.1 Å². The van der Waals surface area contributed by atoms with Gasteiger partial charge in [-0.15, -0.1) is 0 Å². The monoisotopic (exact) mass is 289 g/mol. The number of carbonyl (C=O) groups excluding carboxylic acids is 1. The Morgan fingerprint density at radius 3 is 3.10 bits per heavy atom. The molecule has 0 bridgehead atoms. The Kier molecular flexibility index (Phi) is 3.92. The lowest BCUT2D eigenvalue weighted by Crippen LogP contribution is -2.27. The van der Waals surface area contributed by atoms with Crippen LogP contribution in [0.4, 0.5) is 10.1 Å². The van der Waals surface area contributed by atoms with Crippen LogP contribution in [0.25, 0.3) is 5.69 Å². The first kappa shape index (κ1) is 13.7. The third kappa shape index (κ3) is 3.25. The molecule has 21 heavy (non-hydrogen) atoms. The summed E-state index contributed by atoms with van der Waals surface area (Å²) >= 11 is 0. The minimum Gasteiger partial charge on any atom is -0.326 e. The molecule has 1 atom stereocenters. The maximum absolute atomic E-state index is 14.0. The van der Waals surface area contributed by atoms with Crippen molar-refractivity contribution in [3.05, 3.63) is 36.7 Å². The molecule has 2 aromatic rings. The number of halogens is 1. The molecule has 3 rings (SSSR count). The molecule has 1 unspecified atom stereocenters. The first-order valence-electron chi connectivity index (χ1n) is 6.90. The second kappa shape index (κ2) is 6.01. The van der Waals surface area contributed by atoms with E-state index in [0.717, 1.165) is 19.4 Å². The lowest BCUT2D eigenvalue weighted by Gasteiger charge is -2.11. The van der Waals surface area contributed by atoms with Crippen molar-refractivity contribution in [2.45, 2.75) is 25.3 Å². The largest absolute Gasteiger partial charge is 0.326 e. The fourth-order valence-corrected chi connectivity index (χ4v) is 2.47. The van der Waals surface area contributed by atoms with Gasteiger partial charge >= 0.3 is 0 Å². The van der Waals surface area contributed by atoms with Gasteiger partial charge in [-0.05, 0) is 37.6 Å². The molecule has 1 aliphatic heterocycles. The predicted octanol–water partition coefficient (Wildman–Crippen LogP) is 1.49. The number of hydrogen-bond acceptors (Lipinski definition) is 4. The van der Waals surface area contributed by atoms with Crippen molar-refractivity contribution >= 4 is 11.6 Å². The van der Waals surface area contributed by atoms with Crippen molar-refractivity contribution in [3.8, 4) is 5.69 Å². The van der Waals surface area contributed by atoms with Gasteiger partial charge in [0.15, 0.2) is 5.82 Å². The van der Waals surface area contributed by atoms with E-state index in [1.165, 1.54) is 23.4 Å². The molecular formula is C14H16FN5O. The first-order valence-corrected chi connectivity index (χ1v) is 6.90. The van der Waals surface area contributed by atoms with E-state index in [4.69, 9.17) is 0 Å². The number of aromatic nitrogens is 3. The van der Waals surface area contributed by atoms with Crippen LogP contribution in [0.2, 0.25) is 0 Å². The van der Waals surface area contributed by atoms with Crippen molar-refractivity contribution < 1.29 is 9.18 Å². The van der Waals surface area contributed by atoms with Gasteiger partial charge in [0, 0.05) is 18.2 Å². The summed E-state index contributed by atoms with van der Waals surface area (Å²) in [4.78, 5) is 15.7. The van der Waals surface area contributed by atoms with E-state index in [1.54, 1.807) is 12.1 Å². The van der Waals surface area contributed by atoms with E-state index in [-0.39, 0.29) is 11.9 Å². The molecule has 1 aromatic heterocycles. The summed E-state index contributed by atoms with van der Waals surface area (Å²) in [5.41, 5.74) is 0.738. The predicted molar refractivity (Wildman–Crippen MR) is 75.6 cm³/mol. The van der Waals surface area contributed by atoms with E-state index in [1.807, 2.05) is 0 Å². The van der Waals surface area contributed by atoms with Crippen LogP contribution in [0.1, 0.15) is 19.3 Å². The van der Waals surface area contributed by atoms with Gasteiger partial charge in [0.05, 0.1) is 0 Å². The summed E-state index contributed by atoms with van der Waals surface area (Å²) in [5.74, 6) is -0.570. The molecule has 1 aromatic carbocycles. The third-order valence-corrected chi connectivity index (χ3v) is 3.49. The second-order valence-corrected chi connectivity index (χ2v) is 5.05. The van der Waals surface area contributed by atoms with Crippen LogP contribution in [-0.4, -0.2) is 33.3 Å². The number of amides is 1. The molecule has 1 fully saturated rings. The zero-order chi connectivity index (χ0) is 14.7. The average Bonchev–Trinajstić information content (AvgIpc) is 3.11. The molecular weight excluding hydrogens is 273 g/mol. The molecule has 1 saturated heterocycles. The van der Waals surface area contributed by atoms with Crippen molar-refractivity contribution in [1.82, 2.24) is 20.1 Å². The molecule has 2 heterocycles. The molecule has 1 aliphatic rings.